The van der Waals surface area contributed by atoms with Crippen molar-refractivity contribution in [3.05, 3.63) is 6.33 Å². The maximum Gasteiger partial charge on any atom is 0.422 e. The lowest BCUT2D eigenvalue weighted by atomic mass is 10.4. The second kappa shape index (κ2) is 1.88. The molecule has 0 fully saturated rings. The molecule has 1 radical (unpaired) electrons. The maximum absolute atomic E-state index is 12.4. The van der Waals surface area contributed by atoms with Crippen molar-refractivity contribution in [3.8, 4) is 0 Å². The first-order valence-corrected chi connectivity index (χ1v) is 2.89. The molecule has 0 atom stereocenters. The van der Waals surface area contributed by atoms with E-state index in [4.69, 9.17) is 5.73 Å². The van der Waals surface area contributed by atoms with E-state index in [2.05, 4.69) is 20.3 Å². The number of hydrogen-bond acceptors (Lipinski definition) is 5. The van der Waals surface area contributed by atoms with Crippen LogP contribution in [0.2, 0.25) is 0 Å². The lowest BCUT2D eigenvalue weighted by molar-refractivity contribution is 0.797. The fourth-order valence-electron chi connectivity index (χ4n) is 0.818. The molecule has 0 spiro atoms. The number of nitrogens with one attached hydrogen (secondary N) is 1. The van der Waals surface area contributed by atoms with Crippen LogP contribution in [0.5, 0.6) is 0 Å². The number of amidine groups is 1. The Morgan fingerprint density at radius 3 is 3.09 bits per heavy atom. The number of nitrogens with zero attached hydrogens (tertiary/aromatic N) is 3. The molecule has 0 aliphatic carbocycles. The highest BCUT2D eigenvalue weighted by Crippen LogP contribution is 2.26. The number of aromatic nitrogens is 2. The topological polar surface area (TPSA) is 77.9 Å². The number of nitrogens with two attached hydrogens (primary N) is 1. The summed E-state index contributed by atoms with van der Waals surface area (Å²) in [7, 11) is 0. The molecule has 0 saturated heterocycles. The number of aliphatic imine (C=N–C) groups is 1. The van der Waals surface area contributed by atoms with E-state index in [1.807, 2.05) is 0 Å². The first kappa shape index (κ1) is 6.02. The van der Waals surface area contributed by atoms with Gasteiger partial charge >= 0.3 is 11.9 Å². The van der Waals surface area contributed by atoms with Crippen LogP contribution in [0.3, 0.4) is 0 Å². The Kier molecular flexibility index (Phi) is 1.03. The van der Waals surface area contributed by atoms with Gasteiger partial charge in [-0.05, 0) is 4.99 Å². The van der Waals surface area contributed by atoms with Gasteiger partial charge in [-0.1, -0.05) is 4.98 Å². The van der Waals surface area contributed by atoms with Crippen LogP contribution >= 0.6 is 0 Å². The van der Waals surface area contributed by atoms with Crippen molar-refractivity contribution in [2.45, 2.75) is 0 Å². The number of halogens is 1. The Hall–Kier alpha value is -1.72. The summed E-state index contributed by atoms with van der Waals surface area (Å²) >= 11 is 0. The summed E-state index contributed by atoms with van der Waals surface area (Å²) in [5.41, 5.74) is 5.72. The Balaban J connectivity index is 2.59. The van der Waals surface area contributed by atoms with E-state index >= 15 is 0 Å². The van der Waals surface area contributed by atoms with E-state index in [1.54, 1.807) is 0 Å². The second-order valence-corrected chi connectivity index (χ2v) is 1.99. The second-order valence-electron chi connectivity index (χ2n) is 1.99. The van der Waals surface area contributed by atoms with E-state index in [-0.39, 0.29) is 11.6 Å². The minimum Gasteiger partial charge on any atom is -0.380 e. The predicted molar refractivity (Wildman–Crippen MR) is 38.0 cm³/mol. The van der Waals surface area contributed by atoms with Gasteiger partial charge in [-0.2, -0.15) is 4.98 Å². The zero-order chi connectivity index (χ0) is 7.84. The third-order valence-electron chi connectivity index (χ3n) is 1.29. The molecule has 1 aliphatic rings. The molecular weight excluding hydrogens is 149 g/mol. The molecule has 11 heavy (non-hydrogen) atoms. The molecule has 1 aliphatic heterocycles. The van der Waals surface area contributed by atoms with Crippen LogP contribution in [0.25, 0.3) is 0 Å². The largest absolute Gasteiger partial charge is 0.422 e. The quantitative estimate of drug-likeness (QED) is 0.505. The molecule has 0 saturated carbocycles. The number of nitrogen functional groups attached to an aromatic ring is 1. The molecule has 6 heteroatoms. The van der Waals surface area contributed by atoms with Gasteiger partial charge in [0.05, 0.1) is 0 Å². The van der Waals surface area contributed by atoms with Gasteiger partial charge in [0.1, 0.15) is 0 Å². The smallest absolute Gasteiger partial charge is 0.380 e. The van der Waals surface area contributed by atoms with Crippen molar-refractivity contribution >= 4 is 23.4 Å². The van der Waals surface area contributed by atoms with Crippen LogP contribution in [0.4, 0.5) is 21.7 Å². The Morgan fingerprint density at radius 1 is 1.55 bits per heavy atom. The fraction of sp³-hybridized carbons (Fsp3) is 0. The lowest BCUT2D eigenvalue weighted by Crippen LogP contribution is -2.04. The van der Waals surface area contributed by atoms with Crippen LogP contribution < -0.4 is 16.0 Å². The number of hydrogen-bond donors (Lipinski definition) is 2. The van der Waals surface area contributed by atoms with Gasteiger partial charge in [0.2, 0.25) is 5.69 Å². The molecule has 5 nitrogen and oxygen atoms in total. The summed E-state index contributed by atoms with van der Waals surface area (Å²) in [5, 5.41) is 2.30. The fourth-order valence-corrected chi connectivity index (χ4v) is 0.818. The van der Waals surface area contributed by atoms with Gasteiger partial charge in [0, 0.05) is 0 Å². The Bertz CT molecular complexity index is 334. The van der Waals surface area contributed by atoms with E-state index in [0.717, 1.165) is 0 Å². The van der Waals surface area contributed by atoms with Crippen LogP contribution in [-0.4, -0.2) is 16.1 Å². The van der Waals surface area contributed by atoms with Crippen LogP contribution in [0, 0.1) is 0 Å². The van der Waals surface area contributed by atoms with Gasteiger partial charge < -0.3 is 5.73 Å². The maximum atomic E-state index is 12.4. The highest BCUT2D eigenvalue weighted by molar-refractivity contribution is 5.99. The molecule has 2 rings (SSSR count). The minimum atomic E-state index is -0.702. The van der Waals surface area contributed by atoms with E-state index < -0.39 is 6.09 Å². The number of rotatable bonds is 0. The normalized spacial score (nSPS) is 13.7. The zero-order valence-corrected chi connectivity index (χ0v) is 5.37. The molecule has 0 amide bonds. The SMILES string of the molecule is Nc1ncnc2c1NC(F)=[N+]2. The highest BCUT2D eigenvalue weighted by atomic mass is 19.1. The minimum absolute atomic E-state index is 0.200. The summed E-state index contributed by atoms with van der Waals surface area (Å²) in [5.74, 6) is 0.446. The molecule has 0 aromatic carbocycles. The third-order valence-corrected chi connectivity index (χ3v) is 1.29. The zero-order valence-electron chi connectivity index (χ0n) is 5.37. The molecule has 2 heterocycles. The van der Waals surface area contributed by atoms with Crippen molar-refractivity contribution in [3.63, 3.8) is 0 Å². The summed E-state index contributed by atoms with van der Waals surface area (Å²) in [6, 6.07) is 0. The van der Waals surface area contributed by atoms with E-state index in [1.165, 1.54) is 6.33 Å². The Morgan fingerprint density at radius 2 is 2.36 bits per heavy atom. The lowest BCUT2D eigenvalue weighted by Gasteiger charge is -1.90. The molecule has 0 bridgehead atoms. The molecule has 1 aromatic rings. The van der Waals surface area contributed by atoms with Gasteiger partial charge in [-0.3, -0.25) is 0 Å². The average molecular weight is 153 g/mol. The monoisotopic (exact) mass is 153 g/mol. The van der Waals surface area contributed by atoms with Crippen LogP contribution in [0.1, 0.15) is 0 Å². The van der Waals surface area contributed by atoms with Gasteiger partial charge in [-0.15, -0.1) is 4.39 Å². The number of anilines is 2. The van der Waals surface area contributed by atoms with Crippen molar-refractivity contribution < 1.29 is 4.39 Å². The van der Waals surface area contributed by atoms with Crippen molar-refractivity contribution in [2.24, 2.45) is 0 Å². The summed E-state index contributed by atoms with van der Waals surface area (Å²) in [6.07, 6.45) is 0.532. The first-order valence-electron chi connectivity index (χ1n) is 2.89. The molecule has 1 aromatic heterocycles. The highest BCUT2D eigenvalue weighted by Gasteiger charge is 2.27. The summed E-state index contributed by atoms with van der Waals surface area (Å²) in [4.78, 5) is 10.8. The summed E-state index contributed by atoms with van der Waals surface area (Å²) < 4.78 is 12.4. The molecule has 0 unspecified atom stereocenters. The van der Waals surface area contributed by atoms with Gasteiger partial charge in [0.15, 0.2) is 12.1 Å². The van der Waals surface area contributed by atoms with Crippen molar-refractivity contribution in [2.75, 3.05) is 11.1 Å². The van der Waals surface area contributed by atoms with Crippen molar-refractivity contribution in [1.29, 1.82) is 0 Å². The third kappa shape index (κ3) is 0.794. The standard InChI is InChI=1S/C5H4FN5/c6-5-10-2-3(7)8-1-9-4(2)11-5/h1,10H,(H2,7,8,9)/q+1. The average Bonchev–Trinajstić information content (AvgIpc) is 2.31. The van der Waals surface area contributed by atoms with Crippen LogP contribution in [-0.2, 0) is 0 Å². The first-order chi connectivity index (χ1) is 5.27. The molecular formula is C5H4FN5+. The van der Waals surface area contributed by atoms with Gasteiger partial charge in [-0.25, -0.2) is 5.32 Å². The van der Waals surface area contributed by atoms with E-state index in [9.17, 15) is 4.39 Å². The van der Waals surface area contributed by atoms with Gasteiger partial charge in [0.25, 0.3) is 0 Å². The van der Waals surface area contributed by atoms with Crippen LogP contribution in [0.15, 0.2) is 6.33 Å². The summed E-state index contributed by atoms with van der Waals surface area (Å²) in [6.45, 7) is 0. The predicted octanol–water partition coefficient (Wildman–Crippen LogP) is -0.223. The van der Waals surface area contributed by atoms with E-state index in [0.29, 0.717) is 5.69 Å². The molecule has 55 valence electrons. The molecule has 3 N–H and O–H groups in total. The Labute approximate surface area is 61.2 Å². The number of fused-ring (bicyclic) bond motifs is 1. The van der Waals surface area contributed by atoms with Crippen molar-refractivity contribution in [1.82, 2.24) is 15.0 Å².